The van der Waals surface area contributed by atoms with Crippen LogP contribution in [0.1, 0.15) is 31.9 Å². The standard InChI is InChI=1S/C15H19BF3NO6/c1-14(2,3)26-13(23)20-11(12(21)22)6-8-4-5-9(16(24)25)7-10(8)15(17,18)19/h4-5,7,11,24-25H,6H2,1-3H3,(H,20,23)(H,21,22)/t11-/m0/s1. The molecule has 4 N–H and O–H groups in total. The Morgan fingerprint density at radius 2 is 1.81 bits per heavy atom. The number of amides is 1. The fourth-order valence-electron chi connectivity index (χ4n) is 2.07. The summed E-state index contributed by atoms with van der Waals surface area (Å²) in [4.78, 5) is 23.0. The molecule has 0 spiro atoms. The Labute approximate surface area is 147 Å². The first kappa shape index (κ1) is 21.8. The average molecular weight is 377 g/mol. The predicted octanol–water partition coefficient (Wildman–Crippen LogP) is 0.906. The SMILES string of the molecule is CC(C)(C)OC(=O)N[C@@H](Cc1ccc(B(O)O)cc1C(F)(F)F)C(=O)O. The van der Waals surface area contributed by atoms with E-state index in [1.807, 2.05) is 5.32 Å². The molecular weight excluding hydrogens is 358 g/mol. The Bertz CT molecular complexity index is 672. The Kier molecular flexibility index (Phi) is 6.67. The lowest BCUT2D eigenvalue weighted by molar-refractivity contribution is -0.141. The number of hydrogen-bond acceptors (Lipinski definition) is 5. The lowest BCUT2D eigenvalue weighted by atomic mass is 9.78. The van der Waals surface area contributed by atoms with Crippen molar-refractivity contribution in [1.29, 1.82) is 0 Å². The van der Waals surface area contributed by atoms with E-state index in [1.54, 1.807) is 20.8 Å². The highest BCUT2D eigenvalue weighted by Crippen LogP contribution is 2.32. The average Bonchev–Trinajstić information content (AvgIpc) is 2.43. The van der Waals surface area contributed by atoms with Gasteiger partial charge in [-0.2, -0.15) is 13.2 Å². The van der Waals surface area contributed by atoms with Gasteiger partial charge in [0.2, 0.25) is 0 Å². The van der Waals surface area contributed by atoms with Crippen LogP contribution in [0.5, 0.6) is 0 Å². The van der Waals surface area contributed by atoms with Gasteiger partial charge in [0.1, 0.15) is 11.6 Å². The quantitative estimate of drug-likeness (QED) is 0.567. The molecule has 0 bridgehead atoms. The van der Waals surface area contributed by atoms with Crippen molar-refractivity contribution in [3.05, 3.63) is 29.3 Å². The van der Waals surface area contributed by atoms with Gasteiger partial charge in [0.25, 0.3) is 0 Å². The molecule has 1 aromatic rings. The summed E-state index contributed by atoms with van der Waals surface area (Å²) in [6.07, 6.45) is -6.61. The third-order valence-corrected chi connectivity index (χ3v) is 3.15. The number of aliphatic carboxylic acids is 1. The van der Waals surface area contributed by atoms with Crippen LogP contribution in [0.15, 0.2) is 18.2 Å². The van der Waals surface area contributed by atoms with Gasteiger partial charge in [-0.25, -0.2) is 9.59 Å². The van der Waals surface area contributed by atoms with Crippen molar-refractivity contribution in [2.45, 2.75) is 45.0 Å². The Hall–Kier alpha value is -2.27. The smallest absolute Gasteiger partial charge is 0.480 e. The molecule has 7 nitrogen and oxygen atoms in total. The van der Waals surface area contributed by atoms with Crippen LogP contribution in [0.25, 0.3) is 0 Å². The van der Waals surface area contributed by atoms with E-state index < -0.39 is 60.0 Å². The molecule has 0 aliphatic carbocycles. The van der Waals surface area contributed by atoms with Crippen LogP contribution in [0.4, 0.5) is 18.0 Å². The van der Waals surface area contributed by atoms with Crippen LogP contribution in [-0.4, -0.2) is 46.0 Å². The summed E-state index contributed by atoms with van der Waals surface area (Å²) in [7, 11) is -2.11. The second-order valence-corrected chi connectivity index (χ2v) is 6.53. The van der Waals surface area contributed by atoms with Gasteiger partial charge < -0.3 is 25.2 Å². The molecule has 0 saturated carbocycles. The van der Waals surface area contributed by atoms with Crippen molar-refractivity contribution in [2.75, 3.05) is 0 Å². The van der Waals surface area contributed by atoms with Crippen molar-refractivity contribution in [3.63, 3.8) is 0 Å². The monoisotopic (exact) mass is 377 g/mol. The summed E-state index contributed by atoms with van der Waals surface area (Å²) in [5.41, 5.74) is -2.96. The lowest BCUT2D eigenvalue weighted by Crippen LogP contribution is -2.45. The van der Waals surface area contributed by atoms with E-state index in [9.17, 15) is 27.9 Å². The van der Waals surface area contributed by atoms with Crippen molar-refractivity contribution in [2.24, 2.45) is 0 Å². The van der Waals surface area contributed by atoms with E-state index in [-0.39, 0.29) is 0 Å². The van der Waals surface area contributed by atoms with Gasteiger partial charge in [0.15, 0.2) is 0 Å². The summed E-state index contributed by atoms with van der Waals surface area (Å²) in [5, 5.41) is 29.2. The van der Waals surface area contributed by atoms with Crippen LogP contribution in [-0.2, 0) is 22.1 Å². The zero-order chi connectivity index (χ0) is 20.3. The maximum absolute atomic E-state index is 13.2. The number of alkyl carbamates (subject to hydrolysis) is 1. The van der Waals surface area contributed by atoms with E-state index in [1.165, 1.54) is 0 Å². The van der Waals surface area contributed by atoms with Crippen molar-refractivity contribution >= 4 is 24.6 Å². The van der Waals surface area contributed by atoms with E-state index >= 15 is 0 Å². The zero-order valence-electron chi connectivity index (χ0n) is 14.3. The summed E-state index contributed by atoms with van der Waals surface area (Å²) < 4.78 is 44.5. The van der Waals surface area contributed by atoms with Gasteiger partial charge in [-0.15, -0.1) is 0 Å². The van der Waals surface area contributed by atoms with Crippen LogP contribution in [0, 0.1) is 0 Å². The van der Waals surface area contributed by atoms with Gasteiger partial charge >= 0.3 is 25.4 Å². The molecule has 0 aromatic heterocycles. The highest BCUT2D eigenvalue weighted by atomic mass is 19.4. The van der Waals surface area contributed by atoms with Crippen molar-refractivity contribution in [3.8, 4) is 0 Å². The summed E-state index contributed by atoms with van der Waals surface area (Å²) in [6.45, 7) is 4.63. The fourth-order valence-corrected chi connectivity index (χ4v) is 2.07. The van der Waals surface area contributed by atoms with Gasteiger partial charge in [-0.3, -0.25) is 0 Å². The molecule has 1 atom stereocenters. The molecule has 0 heterocycles. The van der Waals surface area contributed by atoms with E-state index in [4.69, 9.17) is 14.8 Å². The maximum atomic E-state index is 13.2. The first-order valence-corrected chi connectivity index (χ1v) is 7.49. The molecule has 0 aliphatic heterocycles. The van der Waals surface area contributed by atoms with E-state index in [2.05, 4.69) is 0 Å². The molecule has 1 aromatic carbocycles. The normalized spacial score (nSPS) is 13.1. The number of carboxylic acids is 1. The minimum atomic E-state index is -4.85. The van der Waals surface area contributed by atoms with Crippen molar-refractivity contribution < 1.29 is 42.7 Å². The molecule has 1 amide bonds. The summed E-state index contributed by atoms with van der Waals surface area (Å²) in [6, 6.07) is 0.814. The molecule has 0 saturated heterocycles. The first-order valence-electron chi connectivity index (χ1n) is 7.49. The maximum Gasteiger partial charge on any atom is 0.488 e. The number of nitrogens with one attached hydrogen (secondary N) is 1. The summed E-state index contributed by atoms with van der Waals surface area (Å²) >= 11 is 0. The topological polar surface area (TPSA) is 116 Å². The van der Waals surface area contributed by atoms with Gasteiger partial charge in [-0.1, -0.05) is 12.1 Å². The number of halogens is 3. The molecule has 144 valence electrons. The molecule has 1 rings (SSSR count). The van der Waals surface area contributed by atoms with Gasteiger partial charge in [0, 0.05) is 6.42 Å². The molecule has 0 radical (unpaired) electrons. The second-order valence-electron chi connectivity index (χ2n) is 6.53. The fraction of sp³-hybridized carbons (Fsp3) is 0.467. The molecule has 0 unspecified atom stereocenters. The van der Waals surface area contributed by atoms with Gasteiger partial charge in [0.05, 0.1) is 5.56 Å². The van der Waals surface area contributed by atoms with E-state index in [0.717, 1.165) is 12.1 Å². The number of alkyl halides is 3. The second kappa shape index (κ2) is 7.96. The van der Waals surface area contributed by atoms with Crippen LogP contribution < -0.4 is 10.8 Å². The number of carbonyl (C=O) groups excluding carboxylic acids is 1. The van der Waals surface area contributed by atoms with Crippen LogP contribution >= 0.6 is 0 Å². The molecule has 0 aliphatic rings. The lowest BCUT2D eigenvalue weighted by Gasteiger charge is -2.23. The summed E-state index contributed by atoms with van der Waals surface area (Å²) in [5.74, 6) is -1.55. The third kappa shape index (κ3) is 6.56. The number of hydrogen-bond donors (Lipinski definition) is 4. The highest BCUT2D eigenvalue weighted by Gasteiger charge is 2.36. The number of rotatable bonds is 5. The molecule has 11 heteroatoms. The minimum absolute atomic E-state index is 0.395. The number of carbonyl (C=O) groups is 2. The van der Waals surface area contributed by atoms with Gasteiger partial charge in [-0.05, 0) is 37.9 Å². The van der Waals surface area contributed by atoms with Crippen molar-refractivity contribution in [1.82, 2.24) is 5.32 Å². The molecule has 26 heavy (non-hydrogen) atoms. The largest absolute Gasteiger partial charge is 0.488 e. The number of benzene rings is 1. The predicted molar refractivity (Wildman–Crippen MR) is 85.8 cm³/mol. The third-order valence-electron chi connectivity index (χ3n) is 3.15. The minimum Gasteiger partial charge on any atom is -0.480 e. The number of carboxylic acid groups (broad SMARTS) is 1. The first-order chi connectivity index (χ1) is 11.7. The Balaban J connectivity index is 3.12. The zero-order valence-corrected chi connectivity index (χ0v) is 14.3. The Morgan fingerprint density at radius 1 is 1.23 bits per heavy atom. The number of ether oxygens (including phenoxy) is 1. The van der Waals surface area contributed by atoms with Crippen LogP contribution in [0.2, 0.25) is 0 Å². The molecule has 0 fully saturated rings. The highest BCUT2D eigenvalue weighted by molar-refractivity contribution is 6.58. The molecular formula is C15H19BF3NO6. The Morgan fingerprint density at radius 3 is 2.23 bits per heavy atom. The van der Waals surface area contributed by atoms with Crippen LogP contribution in [0.3, 0.4) is 0 Å². The van der Waals surface area contributed by atoms with E-state index in [0.29, 0.717) is 6.07 Å².